The molecule has 3 aliphatic heterocycles. The van der Waals surface area contributed by atoms with Crippen molar-refractivity contribution < 1.29 is 4.79 Å². The van der Waals surface area contributed by atoms with Crippen LogP contribution in [0.15, 0.2) is 18.2 Å². The largest absolute Gasteiger partial charge is 0.334 e. The Labute approximate surface area is 182 Å². The number of hydrogen-bond acceptors (Lipinski definition) is 4. The van der Waals surface area contributed by atoms with Crippen LogP contribution in [0.5, 0.6) is 0 Å². The SMILES string of the molecule is CN1CCN(C2CCc3cc(C(=O)N4CCC[C@H]4CN4CCCC4)ccc3C2)CC1. The molecule has 0 radical (unpaired) electrons. The van der Waals surface area contributed by atoms with Crippen LogP contribution >= 0.6 is 0 Å². The Balaban J connectivity index is 1.24. The van der Waals surface area contributed by atoms with E-state index in [-0.39, 0.29) is 5.91 Å². The quantitative estimate of drug-likeness (QED) is 0.763. The zero-order chi connectivity index (χ0) is 20.5. The lowest BCUT2D eigenvalue weighted by molar-refractivity contribution is 0.0708. The van der Waals surface area contributed by atoms with Crippen molar-refractivity contribution in [2.75, 3.05) is 59.4 Å². The number of amides is 1. The average molecular weight is 411 g/mol. The van der Waals surface area contributed by atoms with Crippen LogP contribution in [0.1, 0.15) is 53.6 Å². The van der Waals surface area contributed by atoms with Gasteiger partial charge in [-0.15, -0.1) is 0 Å². The molecule has 1 amide bonds. The lowest BCUT2D eigenvalue weighted by Gasteiger charge is -2.40. The highest BCUT2D eigenvalue weighted by Gasteiger charge is 2.32. The number of piperazine rings is 1. The zero-order valence-electron chi connectivity index (χ0n) is 18.7. The lowest BCUT2D eigenvalue weighted by Crippen LogP contribution is -2.50. The molecule has 0 N–H and O–H groups in total. The number of carbonyl (C=O) groups is 1. The number of nitrogens with zero attached hydrogens (tertiary/aromatic N) is 4. The van der Waals surface area contributed by atoms with Crippen molar-refractivity contribution in [1.29, 1.82) is 0 Å². The number of aryl methyl sites for hydroxylation is 1. The molecule has 3 heterocycles. The Bertz CT molecular complexity index is 752. The maximum Gasteiger partial charge on any atom is 0.254 e. The van der Waals surface area contributed by atoms with Gasteiger partial charge in [-0.25, -0.2) is 0 Å². The van der Waals surface area contributed by atoms with Gasteiger partial charge in [-0.2, -0.15) is 0 Å². The zero-order valence-corrected chi connectivity index (χ0v) is 18.7. The van der Waals surface area contributed by atoms with Crippen molar-refractivity contribution in [3.8, 4) is 0 Å². The van der Waals surface area contributed by atoms with Crippen LogP contribution in [0.4, 0.5) is 0 Å². The van der Waals surface area contributed by atoms with Gasteiger partial charge in [-0.3, -0.25) is 9.69 Å². The molecule has 1 aromatic rings. The maximum absolute atomic E-state index is 13.4. The van der Waals surface area contributed by atoms with Gasteiger partial charge >= 0.3 is 0 Å². The molecule has 1 unspecified atom stereocenters. The Kier molecular flexibility index (Phi) is 6.12. The molecule has 5 heteroatoms. The van der Waals surface area contributed by atoms with Crippen LogP contribution in [0.2, 0.25) is 0 Å². The van der Waals surface area contributed by atoms with Crippen molar-refractivity contribution in [3.05, 3.63) is 34.9 Å². The van der Waals surface area contributed by atoms with Crippen molar-refractivity contribution in [3.63, 3.8) is 0 Å². The molecule has 0 bridgehead atoms. The van der Waals surface area contributed by atoms with Crippen LogP contribution in [-0.2, 0) is 12.8 Å². The summed E-state index contributed by atoms with van der Waals surface area (Å²) in [7, 11) is 2.22. The molecule has 0 saturated carbocycles. The standard InChI is InChI=1S/C25H38N4O/c1-26-13-15-28(16-14-26)23-9-8-20-17-22(7-6-21(20)18-23)25(30)29-12-4-5-24(29)19-27-10-2-3-11-27/h6-7,17,23-24H,2-5,8-16,18-19H2,1H3/t23?,24-/m0/s1. The number of likely N-dealkylation sites (tertiary alicyclic amines) is 2. The van der Waals surface area contributed by atoms with E-state index in [1.165, 1.54) is 76.1 Å². The predicted octanol–water partition coefficient (Wildman–Crippen LogP) is 2.49. The molecular formula is C25H38N4O. The highest BCUT2D eigenvalue weighted by Crippen LogP contribution is 2.28. The summed E-state index contributed by atoms with van der Waals surface area (Å²) in [4.78, 5) is 23.2. The van der Waals surface area contributed by atoms with E-state index >= 15 is 0 Å². The van der Waals surface area contributed by atoms with E-state index < -0.39 is 0 Å². The third kappa shape index (κ3) is 4.30. The van der Waals surface area contributed by atoms with Crippen LogP contribution < -0.4 is 0 Å². The number of rotatable bonds is 4. The van der Waals surface area contributed by atoms with E-state index in [1.54, 1.807) is 0 Å². The lowest BCUT2D eigenvalue weighted by atomic mass is 9.86. The van der Waals surface area contributed by atoms with Gasteiger partial charge in [-0.05, 0) is 88.3 Å². The Morgan fingerprint density at radius 1 is 0.933 bits per heavy atom. The molecule has 1 aliphatic carbocycles. The second-order valence-electron chi connectivity index (χ2n) is 10.0. The molecule has 3 fully saturated rings. The molecular weight excluding hydrogens is 372 g/mol. The summed E-state index contributed by atoms with van der Waals surface area (Å²) < 4.78 is 0. The second kappa shape index (κ2) is 8.97. The molecule has 30 heavy (non-hydrogen) atoms. The normalized spacial score (nSPS) is 28.8. The summed E-state index contributed by atoms with van der Waals surface area (Å²) in [5.41, 5.74) is 3.80. The van der Waals surface area contributed by atoms with Crippen molar-refractivity contribution in [2.45, 2.75) is 57.0 Å². The maximum atomic E-state index is 13.4. The molecule has 164 valence electrons. The van der Waals surface area contributed by atoms with Gasteiger partial charge in [0.15, 0.2) is 0 Å². The van der Waals surface area contributed by atoms with Crippen molar-refractivity contribution in [1.82, 2.24) is 19.6 Å². The van der Waals surface area contributed by atoms with Crippen LogP contribution in [-0.4, -0.2) is 97.0 Å². The summed E-state index contributed by atoms with van der Waals surface area (Å²) in [6.07, 6.45) is 8.46. The highest BCUT2D eigenvalue weighted by atomic mass is 16.2. The Morgan fingerprint density at radius 2 is 1.73 bits per heavy atom. The van der Waals surface area contributed by atoms with Crippen molar-refractivity contribution >= 4 is 5.91 Å². The Hall–Kier alpha value is -1.43. The average Bonchev–Trinajstić information content (AvgIpc) is 3.45. The van der Waals surface area contributed by atoms with Gasteiger partial charge in [0.05, 0.1) is 0 Å². The van der Waals surface area contributed by atoms with Gasteiger partial charge in [0.25, 0.3) is 5.91 Å². The van der Waals surface area contributed by atoms with E-state index in [1.807, 2.05) is 0 Å². The fourth-order valence-electron chi connectivity index (χ4n) is 6.09. The number of carbonyl (C=O) groups excluding carboxylic acids is 1. The van der Waals surface area contributed by atoms with Crippen LogP contribution in [0, 0.1) is 0 Å². The summed E-state index contributed by atoms with van der Waals surface area (Å²) in [5, 5.41) is 0. The van der Waals surface area contributed by atoms with Gasteiger partial charge in [0, 0.05) is 56.9 Å². The van der Waals surface area contributed by atoms with Crippen LogP contribution in [0.3, 0.4) is 0 Å². The van der Waals surface area contributed by atoms with Gasteiger partial charge in [0.2, 0.25) is 0 Å². The van der Waals surface area contributed by atoms with E-state index in [0.29, 0.717) is 12.1 Å². The first-order chi connectivity index (χ1) is 14.7. The molecule has 4 aliphatic rings. The minimum absolute atomic E-state index is 0.265. The third-order valence-corrected chi connectivity index (χ3v) is 8.02. The monoisotopic (exact) mass is 410 g/mol. The fraction of sp³-hybridized carbons (Fsp3) is 0.720. The molecule has 1 aromatic carbocycles. The molecule has 5 rings (SSSR count). The first-order valence-corrected chi connectivity index (χ1v) is 12.2. The first-order valence-electron chi connectivity index (χ1n) is 12.2. The minimum atomic E-state index is 0.265. The van der Waals surface area contributed by atoms with Gasteiger partial charge in [-0.1, -0.05) is 6.07 Å². The minimum Gasteiger partial charge on any atom is -0.334 e. The third-order valence-electron chi connectivity index (χ3n) is 8.02. The first kappa shape index (κ1) is 20.5. The second-order valence-corrected chi connectivity index (χ2v) is 10.0. The molecule has 0 aromatic heterocycles. The van der Waals surface area contributed by atoms with E-state index in [2.05, 4.69) is 44.8 Å². The predicted molar refractivity (Wildman–Crippen MR) is 121 cm³/mol. The smallest absolute Gasteiger partial charge is 0.254 e. The number of likely N-dealkylation sites (N-methyl/N-ethyl adjacent to an activating group) is 1. The fourth-order valence-corrected chi connectivity index (χ4v) is 6.09. The summed E-state index contributed by atoms with van der Waals surface area (Å²) >= 11 is 0. The van der Waals surface area contributed by atoms with Gasteiger partial charge in [0.1, 0.15) is 0 Å². The highest BCUT2D eigenvalue weighted by molar-refractivity contribution is 5.95. The summed E-state index contributed by atoms with van der Waals surface area (Å²) in [5.74, 6) is 0.265. The number of fused-ring (bicyclic) bond motifs is 1. The number of hydrogen-bond donors (Lipinski definition) is 0. The van der Waals surface area contributed by atoms with Crippen LogP contribution in [0.25, 0.3) is 0 Å². The molecule has 3 saturated heterocycles. The number of benzene rings is 1. The van der Waals surface area contributed by atoms with E-state index in [0.717, 1.165) is 37.9 Å². The van der Waals surface area contributed by atoms with Crippen molar-refractivity contribution in [2.24, 2.45) is 0 Å². The van der Waals surface area contributed by atoms with Gasteiger partial charge < -0.3 is 14.7 Å². The van der Waals surface area contributed by atoms with E-state index in [4.69, 9.17) is 0 Å². The molecule has 2 atom stereocenters. The topological polar surface area (TPSA) is 30.0 Å². The Morgan fingerprint density at radius 3 is 2.53 bits per heavy atom. The molecule has 5 nitrogen and oxygen atoms in total. The van der Waals surface area contributed by atoms with E-state index in [9.17, 15) is 4.79 Å². The molecule has 0 spiro atoms. The summed E-state index contributed by atoms with van der Waals surface area (Å²) in [6, 6.07) is 7.68. The summed E-state index contributed by atoms with van der Waals surface area (Å²) in [6.45, 7) is 9.19.